The van der Waals surface area contributed by atoms with E-state index in [4.69, 9.17) is 5.11 Å². The van der Waals surface area contributed by atoms with Gasteiger partial charge < -0.3 is 5.11 Å². The molecule has 0 aromatic heterocycles. The van der Waals surface area contributed by atoms with Crippen molar-refractivity contribution in [1.29, 1.82) is 0 Å². The zero-order chi connectivity index (χ0) is 11.8. The summed E-state index contributed by atoms with van der Waals surface area (Å²) >= 11 is 3.45. The SMILES string of the molecule is O=C(O)CCCC(CCBr)c1ccccc1. The second-order valence-electron chi connectivity index (χ2n) is 3.87. The molecule has 0 aliphatic heterocycles. The Morgan fingerprint density at radius 2 is 1.94 bits per heavy atom. The zero-order valence-electron chi connectivity index (χ0n) is 9.23. The third kappa shape index (κ3) is 4.79. The van der Waals surface area contributed by atoms with Gasteiger partial charge in [-0.3, -0.25) is 4.79 Å². The fourth-order valence-electron chi connectivity index (χ4n) is 1.83. The molecule has 1 aromatic rings. The van der Waals surface area contributed by atoms with Gasteiger partial charge in [0.05, 0.1) is 0 Å². The number of benzene rings is 1. The molecule has 0 heterocycles. The van der Waals surface area contributed by atoms with Gasteiger partial charge >= 0.3 is 5.97 Å². The summed E-state index contributed by atoms with van der Waals surface area (Å²) < 4.78 is 0. The van der Waals surface area contributed by atoms with Crippen molar-refractivity contribution in [2.45, 2.75) is 31.6 Å². The first kappa shape index (κ1) is 13.2. The first-order valence-electron chi connectivity index (χ1n) is 5.56. The number of carboxylic acid groups (broad SMARTS) is 1. The van der Waals surface area contributed by atoms with Gasteiger partial charge in [-0.15, -0.1) is 0 Å². The quantitative estimate of drug-likeness (QED) is 0.773. The Morgan fingerprint density at radius 3 is 2.50 bits per heavy atom. The fourth-order valence-corrected chi connectivity index (χ4v) is 2.39. The number of aliphatic carboxylic acids is 1. The number of carbonyl (C=O) groups is 1. The molecule has 0 fully saturated rings. The van der Waals surface area contributed by atoms with Gasteiger partial charge in [-0.1, -0.05) is 46.3 Å². The molecule has 0 amide bonds. The lowest BCUT2D eigenvalue weighted by Gasteiger charge is -2.15. The smallest absolute Gasteiger partial charge is 0.303 e. The maximum absolute atomic E-state index is 10.5. The lowest BCUT2D eigenvalue weighted by Crippen LogP contribution is -2.02. The molecule has 0 saturated carbocycles. The molecule has 16 heavy (non-hydrogen) atoms. The minimum absolute atomic E-state index is 0.269. The van der Waals surface area contributed by atoms with Gasteiger partial charge in [0.15, 0.2) is 0 Å². The summed E-state index contributed by atoms with van der Waals surface area (Å²) in [5.74, 6) is -0.231. The molecule has 1 aromatic carbocycles. The zero-order valence-corrected chi connectivity index (χ0v) is 10.8. The molecule has 1 atom stereocenters. The fraction of sp³-hybridized carbons (Fsp3) is 0.462. The van der Waals surface area contributed by atoms with Gasteiger partial charge in [-0.25, -0.2) is 0 Å². The van der Waals surface area contributed by atoms with E-state index < -0.39 is 5.97 Å². The van der Waals surface area contributed by atoms with Crippen LogP contribution in [-0.2, 0) is 4.79 Å². The highest BCUT2D eigenvalue weighted by Gasteiger charge is 2.11. The Bertz CT molecular complexity index is 311. The van der Waals surface area contributed by atoms with Gasteiger partial charge in [0.1, 0.15) is 0 Å². The van der Waals surface area contributed by atoms with Crippen molar-refractivity contribution in [3.8, 4) is 0 Å². The Hall–Kier alpha value is -0.830. The Balaban J connectivity index is 2.51. The molecule has 1 unspecified atom stereocenters. The average molecular weight is 285 g/mol. The highest BCUT2D eigenvalue weighted by Crippen LogP contribution is 2.26. The topological polar surface area (TPSA) is 37.3 Å². The van der Waals surface area contributed by atoms with Crippen LogP contribution >= 0.6 is 15.9 Å². The van der Waals surface area contributed by atoms with Crippen LogP contribution < -0.4 is 0 Å². The molecule has 3 heteroatoms. The third-order valence-electron chi connectivity index (χ3n) is 2.67. The number of halogens is 1. The summed E-state index contributed by atoms with van der Waals surface area (Å²) in [5.41, 5.74) is 1.31. The van der Waals surface area contributed by atoms with Gasteiger partial charge in [-0.2, -0.15) is 0 Å². The van der Waals surface area contributed by atoms with Crippen molar-refractivity contribution in [2.75, 3.05) is 5.33 Å². The van der Waals surface area contributed by atoms with Crippen LogP contribution in [0.4, 0.5) is 0 Å². The molecule has 1 N–H and O–H groups in total. The normalized spacial score (nSPS) is 12.3. The predicted octanol–water partition coefficient (Wildman–Crippen LogP) is 3.81. The van der Waals surface area contributed by atoms with Crippen molar-refractivity contribution < 1.29 is 9.90 Å². The molecule has 0 saturated heterocycles. The van der Waals surface area contributed by atoms with E-state index in [0.29, 0.717) is 5.92 Å². The molecular weight excluding hydrogens is 268 g/mol. The van der Waals surface area contributed by atoms with Crippen LogP contribution in [0.25, 0.3) is 0 Å². The van der Waals surface area contributed by atoms with Crippen LogP contribution in [0.5, 0.6) is 0 Å². The largest absolute Gasteiger partial charge is 0.481 e. The van der Waals surface area contributed by atoms with E-state index in [9.17, 15) is 4.79 Å². The van der Waals surface area contributed by atoms with E-state index in [2.05, 4.69) is 28.1 Å². The molecule has 0 radical (unpaired) electrons. The number of hydrogen-bond donors (Lipinski definition) is 1. The van der Waals surface area contributed by atoms with E-state index in [0.717, 1.165) is 24.6 Å². The standard InChI is InChI=1S/C13H17BrO2/c14-10-9-12(7-4-8-13(15)16)11-5-2-1-3-6-11/h1-3,5-6,12H,4,7-10H2,(H,15,16). The van der Waals surface area contributed by atoms with Gasteiger partial charge in [0, 0.05) is 11.8 Å². The minimum Gasteiger partial charge on any atom is -0.481 e. The lowest BCUT2D eigenvalue weighted by molar-refractivity contribution is -0.137. The van der Waals surface area contributed by atoms with Gasteiger partial charge in [0.25, 0.3) is 0 Å². The van der Waals surface area contributed by atoms with Crippen LogP contribution in [0.15, 0.2) is 30.3 Å². The second kappa shape index (κ2) is 7.44. The van der Waals surface area contributed by atoms with Crippen LogP contribution in [0.3, 0.4) is 0 Å². The van der Waals surface area contributed by atoms with Gasteiger partial charge in [-0.05, 0) is 30.7 Å². The number of hydrogen-bond acceptors (Lipinski definition) is 1. The number of rotatable bonds is 7. The van der Waals surface area contributed by atoms with Crippen molar-refractivity contribution in [2.24, 2.45) is 0 Å². The van der Waals surface area contributed by atoms with E-state index in [-0.39, 0.29) is 6.42 Å². The first-order chi connectivity index (χ1) is 7.74. The highest BCUT2D eigenvalue weighted by atomic mass is 79.9. The Labute approximate surface area is 105 Å². The monoisotopic (exact) mass is 284 g/mol. The Morgan fingerprint density at radius 1 is 1.25 bits per heavy atom. The maximum atomic E-state index is 10.5. The number of alkyl halides is 1. The van der Waals surface area contributed by atoms with E-state index in [1.807, 2.05) is 18.2 Å². The van der Waals surface area contributed by atoms with Crippen molar-refractivity contribution in [3.63, 3.8) is 0 Å². The predicted molar refractivity (Wildman–Crippen MR) is 69.1 cm³/mol. The molecule has 0 aliphatic carbocycles. The molecule has 0 spiro atoms. The average Bonchev–Trinajstić information content (AvgIpc) is 2.29. The highest BCUT2D eigenvalue weighted by molar-refractivity contribution is 9.09. The molecule has 0 aliphatic rings. The van der Waals surface area contributed by atoms with Crippen LogP contribution in [-0.4, -0.2) is 16.4 Å². The summed E-state index contributed by atoms with van der Waals surface area (Å²) in [6.07, 6.45) is 3.03. The first-order valence-corrected chi connectivity index (χ1v) is 6.69. The van der Waals surface area contributed by atoms with Crippen molar-refractivity contribution >= 4 is 21.9 Å². The molecular formula is C13H17BrO2. The van der Waals surface area contributed by atoms with Crippen molar-refractivity contribution in [1.82, 2.24) is 0 Å². The molecule has 2 nitrogen and oxygen atoms in total. The molecule has 88 valence electrons. The summed E-state index contributed by atoms with van der Waals surface area (Å²) in [5, 5.41) is 9.58. The van der Waals surface area contributed by atoms with Crippen molar-refractivity contribution in [3.05, 3.63) is 35.9 Å². The Kier molecular flexibility index (Phi) is 6.16. The third-order valence-corrected chi connectivity index (χ3v) is 3.13. The maximum Gasteiger partial charge on any atom is 0.303 e. The summed E-state index contributed by atoms with van der Waals surface area (Å²) in [6.45, 7) is 0. The van der Waals surface area contributed by atoms with Crippen LogP contribution in [0.2, 0.25) is 0 Å². The van der Waals surface area contributed by atoms with E-state index in [1.165, 1.54) is 5.56 Å². The minimum atomic E-state index is -0.703. The summed E-state index contributed by atoms with van der Waals surface area (Å²) in [6, 6.07) is 10.3. The molecule has 1 rings (SSSR count). The second-order valence-corrected chi connectivity index (χ2v) is 4.66. The van der Waals surface area contributed by atoms with Crippen LogP contribution in [0, 0.1) is 0 Å². The van der Waals surface area contributed by atoms with Crippen LogP contribution in [0.1, 0.15) is 37.2 Å². The summed E-state index contributed by atoms with van der Waals surface area (Å²) in [4.78, 5) is 10.5. The van der Waals surface area contributed by atoms with Gasteiger partial charge in [0.2, 0.25) is 0 Å². The number of carboxylic acids is 1. The lowest BCUT2D eigenvalue weighted by atomic mass is 9.91. The summed E-state index contributed by atoms with van der Waals surface area (Å²) in [7, 11) is 0. The molecule has 0 bridgehead atoms. The van der Waals surface area contributed by atoms with E-state index >= 15 is 0 Å². The van der Waals surface area contributed by atoms with E-state index in [1.54, 1.807) is 0 Å².